The summed E-state index contributed by atoms with van der Waals surface area (Å²) < 4.78 is 35.2. The third kappa shape index (κ3) is 52.2. The molecule has 0 aliphatic heterocycles. The first-order valence-electron chi connectivity index (χ1n) is 27.9. The maximum Gasteiger partial charge on any atom is 0.472 e. The van der Waals surface area contributed by atoms with Crippen LogP contribution in [0.2, 0.25) is 0 Å². The number of phosphoric ester groups is 1. The van der Waals surface area contributed by atoms with Crippen LogP contribution in [-0.2, 0) is 27.9 Å². The molecule has 0 aliphatic rings. The summed E-state index contributed by atoms with van der Waals surface area (Å²) in [5, 5.41) is 0. The van der Waals surface area contributed by atoms with Crippen molar-refractivity contribution < 1.29 is 37.3 Å². The van der Waals surface area contributed by atoms with E-state index >= 15 is 0 Å². The fourth-order valence-corrected chi connectivity index (χ4v) is 9.00. The molecule has 8 nitrogen and oxygen atoms in total. The molecule has 0 aromatic heterocycles. The molecular formula is C55H111NO7P+. The van der Waals surface area contributed by atoms with Crippen LogP contribution in [0.3, 0.4) is 0 Å². The zero-order valence-electron chi connectivity index (χ0n) is 43.6. The van der Waals surface area contributed by atoms with E-state index in [-0.39, 0.29) is 25.8 Å². The Hall–Kier alpha value is -0.760. The van der Waals surface area contributed by atoms with Gasteiger partial charge in [-0.2, -0.15) is 0 Å². The highest BCUT2D eigenvalue weighted by Crippen LogP contribution is 2.43. The lowest BCUT2D eigenvalue weighted by Gasteiger charge is -2.24. The normalized spacial score (nSPS) is 13.5. The van der Waals surface area contributed by atoms with E-state index in [1.54, 1.807) is 0 Å². The van der Waals surface area contributed by atoms with E-state index in [0.717, 1.165) is 32.1 Å². The number of nitrogens with zero attached hydrogens (tertiary/aromatic N) is 1. The van der Waals surface area contributed by atoms with E-state index in [0.29, 0.717) is 24.1 Å². The summed E-state index contributed by atoms with van der Waals surface area (Å²) in [4.78, 5) is 23.0. The summed E-state index contributed by atoms with van der Waals surface area (Å²) in [6.45, 7) is 5.69. The molecule has 2 atom stereocenters. The van der Waals surface area contributed by atoms with Crippen LogP contribution in [0.15, 0.2) is 12.2 Å². The van der Waals surface area contributed by atoms with Crippen molar-refractivity contribution in [1.82, 2.24) is 0 Å². The molecule has 0 heterocycles. The quantitative estimate of drug-likeness (QED) is 0.0214. The van der Waals surface area contributed by atoms with Crippen molar-refractivity contribution >= 4 is 13.8 Å². The highest BCUT2D eigenvalue weighted by molar-refractivity contribution is 7.47. The highest BCUT2D eigenvalue weighted by Gasteiger charge is 2.26. The summed E-state index contributed by atoms with van der Waals surface area (Å²) in [5.74, 6) is -0.306. The van der Waals surface area contributed by atoms with Gasteiger partial charge >= 0.3 is 13.8 Å². The van der Waals surface area contributed by atoms with Gasteiger partial charge in [0, 0.05) is 13.0 Å². The van der Waals surface area contributed by atoms with Crippen LogP contribution in [0.1, 0.15) is 277 Å². The van der Waals surface area contributed by atoms with Gasteiger partial charge in [-0.05, 0) is 38.5 Å². The standard InChI is InChI=1S/C55H110NO7P/c1-6-8-10-12-14-16-18-20-22-24-26-28-29-31-33-35-37-39-41-43-45-47-50-60-52-54(53-62-64(58,59)61-51-49-56(3,4)5)63-55(57)48-46-44-42-40-38-36-34-32-30-27-25-23-21-19-17-15-13-11-9-7-2/h24,26,54H,6-23,25,27-53H2,1-5H3/p+1/b26-24-. The maximum absolute atomic E-state index is 12.8. The first-order chi connectivity index (χ1) is 31.1. The molecule has 0 aromatic rings. The lowest BCUT2D eigenvalue weighted by Crippen LogP contribution is -2.37. The monoisotopic (exact) mass is 929 g/mol. The number of allylic oxidation sites excluding steroid dienone is 2. The molecule has 0 saturated carbocycles. The van der Waals surface area contributed by atoms with Gasteiger partial charge in [-0.25, -0.2) is 4.57 Å². The molecule has 0 rings (SSSR count). The molecule has 382 valence electrons. The van der Waals surface area contributed by atoms with Crippen molar-refractivity contribution in [3.05, 3.63) is 12.2 Å². The van der Waals surface area contributed by atoms with E-state index < -0.39 is 13.9 Å². The van der Waals surface area contributed by atoms with Gasteiger partial charge in [0.1, 0.15) is 19.3 Å². The molecule has 0 aromatic carbocycles. The van der Waals surface area contributed by atoms with Crippen molar-refractivity contribution in [3.63, 3.8) is 0 Å². The second kappa shape index (κ2) is 48.7. The number of phosphoric acid groups is 1. The Morgan fingerprint density at radius 3 is 1.19 bits per heavy atom. The number of ether oxygens (including phenoxy) is 2. The average Bonchev–Trinajstić information content (AvgIpc) is 3.25. The lowest BCUT2D eigenvalue weighted by atomic mass is 10.0. The van der Waals surface area contributed by atoms with Crippen molar-refractivity contribution in [1.29, 1.82) is 0 Å². The first-order valence-corrected chi connectivity index (χ1v) is 29.4. The maximum atomic E-state index is 12.8. The van der Waals surface area contributed by atoms with E-state index in [1.807, 2.05) is 21.1 Å². The number of likely N-dealkylation sites (N-methyl/N-ethyl adjacent to an activating group) is 1. The van der Waals surface area contributed by atoms with Gasteiger partial charge in [-0.15, -0.1) is 0 Å². The van der Waals surface area contributed by atoms with Crippen LogP contribution in [0, 0.1) is 0 Å². The molecule has 2 unspecified atom stereocenters. The molecule has 0 spiro atoms. The fourth-order valence-electron chi connectivity index (χ4n) is 8.26. The SMILES string of the molecule is CCCCCCCCCC/C=C\CCCCCCCCCCCCOCC(COP(=O)(O)OCC[N+](C)(C)C)OC(=O)CCCCCCCCCCCCCCCCCCCCCC. The van der Waals surface area contributed by atoms with Crippen molar-refractivity contribution in [2.24, 2.45) is 0 Å². The number of quaternary nitrogens is 1. The van der Waals surface area contributed by atoms with Crippen molar-refractivity contribution in [2.45, 2.75) is 283 Å². The minimum atomic E-state index is -4.28. The fraction of sp³-hybridized carbons (Fsp3) is 0.945. The van der Waals surface area contributed by atoms with Crippen LogP contribution in [-0.4, -0.2) is 75.6 Å². The van der Waals surface area contributed by atoms with Gasteiger partial charge in [-0.1, -0.05) is 244 Å². The van der Waals surface area contributed by atoms with Gasteiger partial charge < -0.3 is 18.9 Å². The number of hydrogen-bond acceptors (Lipinski definition) is 6. The largest absolute Gasteiger partial charge is 0.472 e. The average molecular weight is 929 g/mol. The Balaban J connectivity index is 4.05. The van der Waals surface area contributed by atoms with Gasteiger partial charge in [-0.3, -0.25) is 13.8 Å². The first kappa shape index (κ1) is 63.2. The number of unbranched alkanes of at least 4 members (excludes halogenated alkanes) is 37. The third-order valence-corrected chi connectivity index (χ3v) is 13.6. The molecule has 0 radical (unpaired) electrons. The molecule has 0 aliphatic carbocycles. The Labute approximate surface area is 399 Å². The lowest BCUT2D eigenvalue weighted by molar-refractivity contribution is -0.870. The molecule has 64 heavy (non-hydrogen) atoms. The van der Waals surface area contributed by atoms with Gasteiger partial charge in [0.15, 0.2) is 0 Å². The topological polar surface area (TPSA) is 91.3 Å². The molecule has 9 heteroatoms. The summed E-state index contributed by atoms with van der Waals surface area (Å²) in [6, 6.07) is 0. The zero-order valence-corrected chi connectivity index (χ0v) is 44.4. The molecule has 1 N–H and O–H groups in total. The Bertz CT molecular complexity index is 1030. The predicted octanol–water partition coefficient (Wildman–Crippen LogP) is 17.3. The number of carbonyl (C=O) groups is 1. The summed E-state index contributed by atoms with van der Waals surface area (Å²) in [5.41, 5.74) is 0. The number of carbonyl (C=O) groups excluding carboxylic acids is 1. The number of hydrogen-bond donors (Lipinski definition) is 1. The summed E-state index contributed by atoms with van der Waals surface area (Å²) in [7, 11) is 1.69. The Morgan fingerprint density at radius 1 is 0.469 bits per heavy atom. The molecular weight excluding hydrogens is 818 g/mol. The van der Waals surface area contributed by atoms with Crippen LogP contribution in [0.25, 0.3) is 0 Å². The minimum absolute atomic E-state index is 0.0923. The number of rotatable bonds is 53. The van der Waals surface area contributed by atoms with Crippen LogP contribution in [0.5, 0.6) is 0 Å². The van der Waals surface area contributed by atoms with E-state index in [2.05, 4.69) is 26.0 Å². The van der Waals surface area contributed by atoms with Crippen molar-refractivity contribution in [3.8, 4) is 0 Å². The summed E-state index contributed by atoms with van der Waals surface area (Å²) >= 11 is 0. The van der Waals surface area contributed by atoms with Crippen LogP contribution >= 0.6 is 7.82 Å². The third-order valence-electron chi connectivity index (χ3n) is 12.6. The Kier molecular flexibility index (Phi) is 48.1. The molecule has 0 amide bonds. The van der Waals surface area contributed by atoms with E-state index in [1.165, 1.54) is 225 Å². The van der Waals surface area contributed by atoms with Gasteiger partial charge in [0.2, 0.25) is 0 Å². The van der Waals surface area contributed by atoms with E-state index in [9.17, 15) is 14.3 Å². The van der Waals surface area contributed by atoms with Crippen LogP contribution < -0.4 is 0 Å². The Morgan fingerprint density at radius 2 is 0.812 bits per heavy atom. The smallest absolute Gasteiger partial charge is 0.457 e. The second-order valence-electron chi connectivity index (χ2n) is 20.3. The van der Waals surface area contributed by atoms with Crippen LogP contribution in [0.4, 0.5) is 0 Å². The highest BCUT2D eigenvalue weighted by atomic mass is 31.2. The van der Waals surface area contributed by atoms with Gasteiger partial charge in [0.05, 0.1) is 34.4 Å². The van der Waals surface area contributed by atoms with Gasteiger partial charge in [0.25, 0.3) is 0 Å². The molecule has 0 saturated heterocycles. The van der Waals surface area contributed by atoms with Crippen molar-refractivity contribution in [2.75, 3.05) is 54.1 Å². The minimum Gasteiger partial charge on any atom is -0.457 e. The zero-order chi connectivity index (χ0) is 46.9. The molecule has 0 bridgehead atoms. The molecule has 0 fully saturated rings. The second-order valence-corrected chi connectivity index (χ2v) is 21.8. The summed E-state index contributed by atoms with van der Waals surface area (Å²) in [6.07, 6.45) is 56.9. The number of esters is 1. The van der Waals surface area contributed by atoms with E-state index in [4.69, 9.17) is 18.5 Å². The predicted molar refractivity (Wildman–Crippen MR) is 275 cm³/mol.